The van der Waals surface area contributed by atoms with Gasteiger partial charge in [-0.2, -0.15) is 0 Å². The number of nitrogens with one attached hydrogen (secondary N) is 1. The Kier molecular flexibility index (Phi) is 3.75. The minimum atomic E-state index is -0.814. The molecule has 0 fully saturated rings. The number of nitrogens with two attached hydrogens (primary N) is 1. The second-order valence-electron chi connectivity index (χ2n) is 4.19. The first-order chi connectivity index (χ1) is 9.09. The molecule has 0 spiro atoms. The number of pyridine rings is 1. The zero-order chi connectivity index (χ0) is 13.8. The van der Waals surface area contributed by atoms with Crippen molar-refractivity contribution in [3.05, 3.63) is 59.7 Å². The van der Waals surface area contributed by atoms with Crippen LogP contribution in [0.25, 0.3) is 0 Å². The van der Waals surface area contributed by atoms with E-state index in [0.717, 1.165) is 5.56 Å². The second kappa shape index (κ2) is 5.48. The van der Waals surface area contributed by atoms with Gasteiger partial charge in [-0.3, -0.25) is 9.78 Å². The van der Waals surface area contributed by atoms with Crippen molar-refractivity contribution in [1.82, 2.24) is 4.98 Å². The lowest BCUT2D eigenvalue weighted by atomic mass is 10.0. The van der Waals surface area contributed by atoms with Gasteiger partial charge in [0.25, 0.3) is 0 Å². The number of halogens is 1. The van der Waals surface area contributed by atoms with Crippen LogP contribution in [0.15, 0.2) is 42.7 Å². The molecule has 0 saturated carbocycles. The molecule has 1 aromatic carbocycles. The van der Waals surface area contributed by atoms with Gasteiger partial charge in [0.05, 0.1) is 5.69 Å². The average molecular weight is 259 g/mol. The summed E-state index contributed by atoms with van der Waals surface area (Å²) >= 11 is 0. The van der Waals surface area contributed by atoms with Gasteiger partial charge in [-0.25, -0.2) is 4.39 Å². The molecule has 1 atom stereocenters. The van der Waals surface area contributed by atoms with Crippen molar-refractivity contribution in [2.24, 2.45) is 5.73 Å². The first-order valence-corrected chi connectivity index (χ1v) is 5.80. The molecule has 0 bridgehead atoms. The Hall–Kier alpha value is -2.43. The van der Waals surface area contributed by atoms with Crippen LogP contribution in [0, 0.1) is 12.7 Å². The Bertz CT molecular complexity index is 601. The number of rotatable bonds is 4. The highest BCUT2D eigenvalue weighted by molar-refractivity contribution is 5.84. The molecule has 2 rings (SSSR count). The summed E-state index contributed by atoms with van der Waals surface area (Å²) in [7, 11) is 0. The molecular weight excluding hydrogens is 245 g/mol. The van der Waals surface area contributed by atoms with E-state index in [1.165, 1.54) is 6.07 Å². The number of anilines is 1. The van der Waals surface area contributed by atoms with Crippen molar-refractivity contribution in [3.8, 4) is 0 Å². The number of benzene rings is 1. The number of primary amides is 1. The third-order valence-corrected chi connectivity index (χ3v) is 2.85. The Morgan fingerprint density at radius 1 is 1.37 bits per heavy atom. The Morgan fingerprint density at radius 2 is 2.11 bits per heavy atom. The quantitative estimate of drug-likeness (QED) is 0.884. The maximum atomic E-state index is 13.6. The predicted molar refractivity (Wildman–Crippen MR) is 70.9 cm³/mol. The van der Waals surface area contributed by atoms with Crippen LogP contribution in [-0.4, -0.2) is 10.9 Å². The lowest BCUT2D eigenvalue weighted by molar-refractivity contribution is -0.118. The summed E-state index contributed by atoms with van der Waals surface area (Å²) in [5.41, 5.74) is 7.12. The van der Waals surface area contributed by atoms with Gasteiger partial charge in [0.1, 0.15) is 11.9 Å². The summed E-state index contributed by atoms with van der Waals surface area (Å²) in [4.78, 5) is 15.5. The van der Waals surface area contributed by atoms with Crippen molar-refractivity contribution >= 4 is 11.6 Å². The third kappa shape index (κ3) is 2.88. The van der Waals surface area contributed by atoms with E-state index in [0.29, 0.717) is 5.56 Å². The smallest absolute Gasteiger partial charge is 0.244 e. The lowest BCUT2D eigenvalue weighted by Crippen LogP contribution is -2.28. The lowest BCUT2D eigenvalue weighted by Gasteiger charge is -2.18. The maximum Gasteiger partial charge on any atom is 0.244 e. The minimum absolute atomic E-state index is 0.231. The van der Waals surface area contributed by atoms with Crippen LogP contribution in [-0.2, 0) is 4.79 Å². The summed E-state index contributed by atoms with van der Waals surface area (Å²) in [6.07, 6.45) is 3.18. The van der Waals surface area contributed by atoms with Crippen molar-refractivity contribution in [2.45, 2.75) is 13.0 Å². The van der Waals surface area contributed by atoms with Crippen LogP contribution < -0.4 is 11.1 Å². The van der Waals surface area contributed by atoms with Crippen molar-refractivity contribution in [1.29, 1.82) is 0 Å². The molecule has 1 unspecified atom stereocenters. The molecule has 19 heavy (non-hydrogen) atoms. The van der Waals surface area contributed by atoms with Gasteiger partial charge in [-0.15, -0.1) is 0 Å². The molecule has 4 nitrogen and oxygen atoms in total. The molecule has 5 heteroatoms. The van der Waals surface area contributed by atoms with Crippen molar-refractivity contribution < 1.29 is 9.18 Å². The number of hydrogen-bond donors (Lipinski definition) is 2. The fraction of sp³-hybridized carbons (Fsp3) is 0.143. The molecular formula is C14H14FN3O. The molecule has 0 aliphatic heterocycles. The van der Waals surface area contributed by atoms with Crippen LogP contribution >= 0.6 is 0 Å². The molecule has 2 aromatic rings. The maximum absolute atomic E-state index is 13.6. The molecule has 0 saturated heterocycles. The molecule has 1 amide bonds. The predicted octanol–water partition coefficient (Wildman–Crippen LogP) is 2.17. The van der Waals surface area contributed by atoms with Crippen LogP contribution in [0.3, 0.4) is 0 Å². The van der Waals surface area contributed by atoms with E-state index < -0.39 is 17.8 Å². The van der Waals surface area contributed by atoms with Crippen molar-refractivity contribution in [3.63, 3.8) is 0 Å². The molecule has 1 aromatic heterocycles. The number of aryl methyl sites for hydroxylation is 1. The van der Waals surface area contributed by atoms with Crippen LogP contribution in [0.4, 0.5) is 10.1 Å². The number of aromatic nitrogens is 1. The first-order valence-electron chi connectivity index (χ1n) is 5.80. The number of amides is 1. The Morgan fingerprint density at radius 3 is 2.74 bits per heavy atom. The van der Waals surface area contributed by atoms with Crippen LogP contribution in [0.2, 0.25) is 0 Å². The monoisotopic (exact) mass is 259 g/mol. The number of para-hydroxylation sites is 1. The van der Waals surface area contributed by atoms with E-state index in [1.807, 2.05) is 6.92 Å². The first kappa shape index (κ1) is 13.0. The van der Waals surface area contributed by atoms with Gasteiger partial charge >= 0.3 is 0 Å². The van der Waals surface area contributed by atoms with Gasteiger partial charge in [-0.1, -0.05) is 12.1 Å². The fourth-order valence-corrected chi connectivity index (χ4v) is 1.81. The molecule has 3 N–H and O–H groups in total. The highest BCUT2D eigenvalue weighted by Crippen LogP contribution is 2.23. The number of carbonyl (C=O) groups excluding carboxylic acids is 1. The topological polar surface area (TPSA) is 68.0 Å². The highest BCUT2D eigenvalue weighted by atomic mass is 19.1. The number of carbonyl (C=O) groups is 1. The molecule has 1 heterocycles. The highest BCUT2D eigenvalue weighted by Gasteiger charge is 2.20. The zero-order valence-corrected chi connectivity index (χ0v) is 10.4. The van der Waals surface area contributed by atoms with Gasteiger partial charge in [0.15, 0.2) is 0 Å². The number of nitrogens with zero attached hydrogens (tertiary/aromatic N) is 1. The van der Waals surface area contributed by atoms with E-state index in [2.05, 4.69) is 10.3 Å². The van der Waals surface area contributed by atoms with Gasteiger partial charge < -0.3 is 11.1 Å². The summed E-state index contributed by atoms with van der Waals surface area (Å²) in [6.45, 7) is 1.84. The summed E-state index contributed by atoms with van der Waals surface area (Å²) < 4.78 is 13.6. The van der Waals surface area contributed by atoms with E-state index in [-0.39, 0.29) is 5.69 Å². The zero-order valence-electron chi connectivity index (χ0n) is 10.4. The molecule has 0 aliphatic carbocycles. The Balaban J connectivity index is 2.35. The Labute approximate surface area is 110 Å². The molecule has 0 aliphatic rings. The number of hydrogen-bond acceptors (Lipinski definition) is 3. The largest absolute Gasteiger partial charge is 0.368 e. The summed E-state index contributed by atoms with van der Waals surface area (Å²) in [6, 6.07) is 7.08. The van der Waals surface area contributed by atoms with E-state index in [4.69, 9.17) is 5.73 Å². The molecule has 0 radical (unpaired) electrons. The van der Waals surface area contributed by atoms with Crippen LogP contribution in [0.5, 0.6) is 0 Å². The second-order valence-corrected chi connectivity index (χ2v) is 4.19. The average Bonchev–Trinajstić information content (AvgIpc) is 2.38. The minimum Gasteiger partial charge on any atom is -0.368 e. The molecule has 98 valence electrons. The SMILES string of the molecule is Cc1ccncc1C(Nc1ccccc1F)C(N)=O. The van der Waals surface area contributed by atoms with E-state index in [9.17, 15) is 9.18 Å². The fourth-order valence-electron chi connectivity index (χ4n) is 1.81. The summed E-state index contributed by atoms with van der Waals surface area (Å²) in [5.74, 6) is -1.02. The van der Waals surface area contributed by atoms with Gasteiger partial charge in [0, 0.05) is 18.0 Å². The van der Waals surface area contributed by atoms with Crippen molar-refractivity contribution in [2.75, 3.05) is 5.32 Å². The van der Waals surface area contributed by atoms with E-state index in [1.54, 1.807) is 36.7 Å². The standard InChI is InChI=1S/C14H14FN3O/c1-9-6-7-17-8-10(9)13(14(16)19)18-12-5-3-2-4-11(12)15/h2-8,13,18H,1H3,(H2,16,19). The summed E-state index contributed by atoms with van der Waals surface area (Å²) in [5, 5.41) is 2.81. The van der Waals surface area contributed by atoms with Gasteiger partial charge in [-0.05, 0) is 30.7 Å². The normalized spacial score (nSPS) is 11.9. The van der Waals surface area contributed by atoms with Crippen LogP contribution in [0.1, 0.15) is 17.2 Å². The van der Waals surface area contributed by atoms with Gasteiger partial charge in [0.2, 0.25) is 5.91 Å². The third-order valence-electron chi connectivity index (χ3n) is 2.85. The van der Waals surface area contributed by atoms with E-state index >= 15 is 0 Å².